The van der Waals surface area contributed by atoms with E-state index in [4.69, 9.17) is 0 Å². The monoisotopic (exact) mass is 714 g/mol. The van der Waals surface area contributed by atoms with Crippen LogP contribution in [0.3, 0.4) is 0 Å². The molecule has 0 N–H and O–H groups in total. The van der Waals surface area contributed by atoms with Gasteiger partial charge in [-0.2, -0.15) is 0 Å². The molecular weight excluding hydrogens is 681 g/mol. The molecular formula is C52H34N4. The van der Waals surface area contributed by atoms with E-state index in [0.29, 0.717) is 0 Å². The van der Waals surface area contributed by atoms with E-state index in [0.717, 1.165) is 25.7 Å². The van der Waals surface area contributed by atoms with E-state index in [1.807, 2.05) is 0 Å². The Morgan fingerprint density at radius 2 is 0.768 bits per heavy atom. The number of aromatic nitrogens is 4. The zero-order valence-corrected chi connectivity index (χ0v) is 30.7. The number of benzene rings is 7. The Bertz CT molecular complexity index is 3600. The van der Waals surface area contributed by atoms with Crippen LogP contribution in [-0.2, 0) is 25.7 Å². The molecule has 4 nitrogen and oxygen atoms in total. The van der Waals surface area contributed by atoms with Crippen molar-refractivity contribution < 1.29 is 0 Å². The zero-order valence-electron chi connectivity index (χ0n) is 30.7. The second kappa shape index (κ2) is 9.71. The van der Waals surface area contributed by atoms with E-state index in [1.165, 1.54) is 134 Å². The van der Waals surface area contributed by atoms with Gasteiger partial charge < -0.3 is 17.9 Å². The molecule has 4 heteroatoms. The maximum absolute atomic E-state index is 2.70. The molecule has 0 bridgehead atoms. The zero-order chi connectivity index (χ0) is 36.0. The van der Waals surface area contributed by atoms with Crippen LogP contribution in [0.5, 0.6) is 0 Å². The van der Waals surface area contributed by atoms with Gasteiger partial charge in [-0.3, -0.25) is 0 Å². The fourth-order valence-corrected chi connectivity index (χ4v) is 12.1. The summed E-state index contributed by atoms with van der Waals surface area (Å²) in [4.78, 5) is 0. The molecule has 56 heavy (non-hydrogen) atoms. The molecule has 6 heterocycles. The lowest BCUT2D eigenvalue weighted by molar-refractivity contribution is 0.889. The van der Waals surface area contributed by atoms with Gasteiger partial charge in [0.25, 0.3) is 0 Å². The van der Waals surface area contributed by atoms with Crippen molar-refractivity contribution in [2.45, 2.75) is 38.5 Å². The molecule has 0 radical (unpaired) electrons. The van der Waals surface area contributed by atoms with Crippen molar-refractivity contribution in [1.29, 1.82) is 0 Å². The Kier molecular flexibility index (Phi) is 4.97. The lowest BCUT2D eigenvalue weighted by Crippen LogP contribution is -1.93. The summed E-state index contributed by atoms with van der Waals surface area (Å²) in [6.45, 7) is 0. The highest BCUT2D eigenvalue weighted by molar-refractivity contribution is 6.34. The van der Waals surface area contributed by atoms with Crippen molar-refractivity contribution in [2.75, 3.05) is 0 Å². The third kappa shape index (κ3) is 3.14. The molecule has 0 atom stereocenters. The topological polar surface area (TPSA) is 18.7 Å². The van der Waals surface area contributed by atoms with Gasteiger partial charge in [-0.15, -0.1) is 0 Å². The van der Waals surface area contributed by atoms with E-state index >= 15 is 0 Å². The summed E-state index contributed by atoms with van der Waals surface area (Å²) in [6.07, 6.45) is 6.97. The van der Waals surface area contributed by atoms with E-state index in [-0.39, 0.29) is 0 Å². The summed E-state index contributed by atoms with van der Waals surface area (Å²) in [5, 5.41) is 13.9. The minimum atomic E-state index is 1.13. The SMILES string of the molecule is c1ccc(-n2c3ccccc3c3c4c5c(n6c7cc8c(cc7c(cc32)c46)c2cc3c(c4ccccc4n3-c3ccccc3)c3c4c(n8c23)CCC4)CCC5)cc1. The maximum atomic E-state index is 2.70. The van der Waals surface area contributed by atoms with Crippen molar-refractivity contribution in [3.8, 4) is 11.4 Å². The fraction of sp³-hybridized carbons (Fsp3) is 0.115. The van der Waals surface area contributed by atoms with Crippen LogP contribution in [0.2, 0.25) is 0 Å². The second-order valence-electron chi connectivity index (χ2n) is 16.6. The standard InChI is InChI=1S/C52H34N4/c1-3-13-29(14-4-1)53-39-21-9-7-17-31(39)47-45(53)26-37-35-25-36-38-27-46-48(32-18-8-10-22-40(32)54(46)30-15-5-2-6-16-30)50-34-20-12-24-42(34)56(52(38)50)44(36)28-43(35)55-41-23-11-19-33(41)49(47)51(37)55/h1-10,13-18,21-22,25-28H,11-12,19-20,23-24H2. The summed E-state index contributed by atoms with van der Waals surface area (Å²) in [5.41, 5.74) is 19.3. The lowest BCUT2D eigenvalue weighted by Gasteiger charge is -2.08. The molecule has 262 valence electrons. The van der Waals surface area contributed by atoms with E-state index in [9.17, 15) is 0 Å². The Labute approximate surface area is 320 Å². The second-order valence-corrected chi connectivity index (χ2v) is 16.6. The molecule has 2 aliphatic carbocycles. The first kappa shape index (κ1) is 28.6. The van der Waals surface area contributed by atoms with Gasteiger partial charge >= 0.3 is 0 Å². The van der Waals surface area contributed by atoms with Gasteiger partial charge in [-0.25, -0.2) is 0 Å². The predicted octanol–water partition coefficient (Wildman–Crippen LogP) is 12.9. The largest absolute Gasteiger partial charge is 0.312 e. The molecule has 0 amide bonds. The van der Waals surface area contributed by atoms with E-state index in [1.54, 1.807) is 11.1 Å². The molecule has 0 saturated heterocycles. The number of fused-ring (bicyclic) bond motifs is 20. The third-order valence-electron chi connectivity index (χ3n) is 14.0. The Morgan fingerprint density at radius 3 is 1.25 bits per heavy atom. The minimum Gasteiger partial charge on any atom is -0.312 e. The molecule has 15 rings (SSSR count). The van der Waals surface area contributed by atoms with E-state index in [2.05, 4.69) is 151 Å². The van der Waals surface area contributed by atoms with Crippen LogP contribution in [0.15, 0.2) is 133 Å². The maximum Gasteiger partial charge on any atom is 0.0621 e. The number of nitrogens with zero attached hydrogens (tertiary/aromatic N) is 4. The molecule has 6 aromatic heterocycles. The summed E-state index contributed by atoms with van der Waals surface area (Å²) in [7, 11) is 0. The van der Waals surface area contributed by atoms with Crippen LogP contribution in [0.1, 0.15) is 35.4 Å². The van der Waals surface area contributed by atoms with Gasteiger partial charge in [0, 0.05) is 76.6 Å². The minimum absolute atomic E-state index is 1.13. The van der Waals surface area contributed by atoms with Crippen LogP contribution < -0.4 is 0 Å². The van der Waals surface area contributed by atoms with Gasteiger partial charge in [-0.1, -0.05) is 72.8 Å². The fourth-order valence-electron chi connectivity index (χ4n) is 12.1. The molecule has 0 spiro atoms. The van der Waals surface area contributed by atoms with Gasteiger partial charge in [0.2, 0.25) is 0 Å². The highest BCUT2D eigenvalue weighted by Crippen LogP contribution is 2.51. The normalized spacial score (nSPS) is 14.7. The quantitative estimate of drug-likeness (QED) is 0.170. The highest BCUT2D eigenvalue weighted by atomic mass is 15.0. The van der Waals surface area contributed by atoms with Crippen molar-refractivity contribution in [3.63, 3.8) is 0 Å². The Morgan fingerprint density at radius 1 is 0.321 bits per heavy atom. The molecule has 0 unspecified atom stereocenters. The average Bonchev–Trinajstić information content (AvgIpc) is 4.11. The molecule has 0 aliphatic heterocycles. The Balaban J connectivity index is 1.16. The predicted molar refractivity (Wildman–Crippen MR) is 233 cm³/mol. The average molecular weight is 715 g/mol. The molecule has 0 fully saturated rings. The van der Waals surface area contributed by atoms with Crippen molar-refractivity contribution in [2.24, 2.45) is 0 Å². The molecule has 0 saturated carbocycles. The van der Waals surface area contributed by atoms with Crippen molar-refractivity contribution in [1.82, 2.24) is 17.9 Å². The van der Waals surface area contributed by atoms with E-state index < -0.39 is 0 Å². The Hall–Kier alpha value is -6.78. The summed E-state index contributed by atoms with van der Waals surface area (Å²) < 4.78 is 10.4. The summed E-state index contributed by atoms with van der Waals surface area (Å²) >= 11 is 0. The number of hydrogen-bond acceptors (Lipinski definition) is 0. The number of para-hydroxylation sites is 4. The van der Waals surface area contributed by atoms with Crippen LogP contribution in [-0.4, -0.2) is 17.9 Å². The van der Waals surface area contributed by atoms with Gasteiger partial charge in [0.15, 0.2) is 0 Å². The first-order valence-corrected chi connectivity index (χ1v) is 20.4. The third-order valence-corrected chi connectivity index (χ3v) is 14.0. The summed E-state index contributed by atoms with van der Waals surface area (Å²) in [6, 6.07) is 50.3. The summed E-state index contributed by atoms with van der Waals surface area (Å²) in [5.74, 6) is 0. The highest BCUT2D eigenvalue weighted by Gasteiger charge is 2.32. The smallest absolute Gasteiger partial charge is 0.0621 e. The van der Waals surface area contributed by atoms with Crippen molar-refractivity contribution >= 4 is 98.0 Å². The van der Waals surface area contributed by atoms with Crippen LogP contribution in [0, 0.1) is 0 Å². The first-order chi connectivity index (χ1) is 27.8. The molecule has 13 aromatic rings. The lowest BCUT2D eigenvalue weighted by atomic mass is 9.99. The van der Waals surface area contributed by atoms with Crippen LogP contribution >= 0.6 is 0 Å². The van der Waals surface area contributed by atoms with Crippen molar-refractivity contribution in [3.05, 3.63) is 156 Å². The number of hydrogen-bond donors (Lipinski definition) is 0. The molecule has 2 aliphatic rings. The van der Waals surface area contributed by atoms with Gasteiger partial charge in [0.05, 0.1) is 44.1 Å². The van der Waals surface area contributed by atoms with Gasteiger partial charge in [-0.05, 0) is 110 Å². The number of aryl methyl sites for hydroxylation is 4. The number of rotatable bonds is 2. The first-order valence-electron chi connectivity index (χ1n) is 20.4. The molecule has 7 aromatic carbocycles. The van der Waals surface area contributed by atoms with Crippen LogP contribution in [0.4, 0.5) is 0 Å². The van der Waals surface area contributed by atoms with Gasteiger partial charge in [0.1, 0.15) is 0 Å². The van der Waals surface area contributed by atoms with Crippen LogP contribution in [0.25, 0.3) is 109 Å².